The van der Waals surface area contributed by atoms with Crippen molar-refractivity contribution in [3.05, 3.63) is 29.3 Å². The van der Waals surface area contributed by atoms with E-state index in [9.17, 15) is 22.0 Å². The number of benzene rings is 1. The molecule has 0 aliphatic carbocycles. The molecule has 8 heteroatoms. The van der Waals surface area contributed by atoms with Crippen LogP contribution in [0.1, 0.15) is 17.3 Å². The third-order valence-corrected chi connectivity index (χ3v) is 3.67. The average molecular weight is 298 g/mol. The van der Waals surface area contributed by atoms with Gasteiger partial charge in [0.2, 0.25) is 0 Å². The minimum absolute atomic E-state index is 0.262. The third kappa shape index (κ3) is 2.97. The number of carbonyl (C=O) groups is 1. The van der Waals surface area contributed by atoms with Gasteiger partial charge in [-0.3, -0.25) is 4.79 Å². The highest BCUT2D eigenvalue weighted by molar-refractivity contribution is 8.13. The van der Waals surface area contributed by atoms with Gasteiger partial charge in [0.1, 0.15) is 0 Å². The third-order valence-electron chi connectivity index (χ3n) is 2.33. The second-order valence-corrected chi connectivity index (χ2v) is 6.09. The first-order chi connectivity index (χ1) is 8.18. The Bertz CT molecular complexity index is 589. The predicted molar refractivity (Wildman–Crippen MR) is 62.0 cm³/mol. The maximum absolute atomic E-state index is 13.5. The number of carbonyl (C=O) groups excluding carboxylic acids is 1. The lowest BCUT2D eigenvalue weighted by Crippen LogP contribution is -2.27. The van der Waals surface area contributed by atoms with Gasteiger partial charge in [0.15, 0.2) is 11.6 Å². The Hall–Kier alpha value is -1.21. The summed E-state index contributed by atoms with van der Waals surface area (Å²) in [5, 5.41) is 0. The predicted octanol–water partition coefficient (Wildman–Crippen LogP) is 1.98. The SMILES string of the molecule is CCN(C)C(=O)c1cc(S(=O)(=O)Cl)cc(F)c1F. The quantitative estimate of drug-likeness (QED) is 0.802. The molecule has 1 aromatic rings. The second-order valence-electron chi connectivity index (χ2n) is 3.52. The van der Waals surface area contributed by atoms with Gasteiger partial charge in [0, 0.05) is 24.3 Å². The van der Waals surface area contributed by atoms with Crippen molar-refractivity contribution in [1.29, 1.82) is 0 Å². The number of halogens is 3. The van der Waals surface area contributed by atoms with Crippen LogP contribution in [-0.2, 0) is 9.05 Å². The summed E-state index contributed by atoms with van der Waals surface area (Å²) in [6.07, 6.45) is 0. The standard InChI is InChI=1S/C10H10ClF2NO3S/c1-3-14(2)10(15)7-4-6(18(11,16)17)5-8(12)9(7)13/h4-5H,3H2,1-2H3. The van der Waals surface area contributed by atoms with E-state index in [0.29, 0.717) is 6.07 Å². The number of hydrogen-bond acceptors (Lipinski definition) is 3. The number of amides is 1. The molecule has 1 rings (SSSR count). The zero-order valence-electron chi connectivity index (χ0n) is 9.58. The Kier molecular flexibility index (Phi) is 4.28. The summed E-state index contributed by atoms with van der Waals surface area (Å²) in [5.74, 6) is -3.66. The van der Waals surface area contributed by atoms with E-state index in [1.165, 1.54) is 7.05 Å². The van der Waals surface area contributed by atoms with E-state index in [1.807, 2.05) is 0 Å². The molecule has 0 spiro atoms. The number of hydrogen-bond donors (Lipinski definition) is 0. The van der Waals surface area contributed by atoms with Gasteiger partial charge in [0.25, 0.3) is 15.0 Å². The molecule has 4 nitrogen and oxygen atoms in total. The lowest BCUT2D eigenvalue weighted by molar-refractivity contribution is 0.0796. The molecule has 0 aliphatic rings. The monoisotopic (exact) mass is 297 g/mol. The minimum Gasteiger partial charge on any atom is -0.342 e. The molecule has 100 valence electrons. The van der Waals surface area contributed by atoms with Crippen LogP contribution in [0.5, 0.6) is 0 Å². The van der Waals surface area contributed by atoms with E-state index in [-0.39, 0.29) is 6.54 Å². The number of rotatable bonds is 3. The molecule has 0 radical (unpaired) electrons. The maximum Gasteiger partial charge on any atom is 0.261 e. The van der Waals surface area contributed by atoms with Gasteiger partial charge >= 0.3 is 0 Å². The first-order valence-electron chi connectivity index (χ1n) is 4.87. The normalized spacial score (nSPS) is 11.4. The summed E-state index contributed by atoms with van der Waals surface area (Å²) in [4.78, 5) is 12.2. The Morgan fingerprint density at radius 3 is 2.39 bits per heavy atom. The highest BCUT2D eigenvalue weighted by Crippen LogP contribution is 2.22. The largest absolute Gasteiger partial charge is 0.342 e. The van der Waals surface area contributed by atoms with Crippen molar-refractivity contribution in [3.63, 3.8) is 0 Å². The van der Waals surface area contributed by atoms with Crippen LogP contribution in [0.15, 0.2) is 17.0 Å². The van der Waals surface area contributed by atoms with Crippen LogP contribution in [0.4, 0.5) is 8.78 Å². The van der Waals surface area contributed by atoms with Gasteiger partial charge in [0.05, 0.1) is 10.5 Å². The van der Waals surface area contributed by atoms with Gasteiger partial charge < -0.3 is 4.90 Å². The maximum atomic E-state index is 13.5. The summed E-state index contributed by atoms with van der Waals surface area (Å²) in [5.41, 5.74) is -0.668. The molecule has 0 aliphatic heterocycles. The van der Waals surface area contributed by atoms with Crippen LogP contribution in [0, 0.1) is 11.6 Å². The van der Waals surface area contributed by atoms with Crippen LogP contribution < -0.4 is 0 Å². The molecule has 1 amide bonds. The van der Waals surface area contributed by atoms with Crippen molar-refractivity contribution in [2.75, 3.05) is 13.6 Å². The minimum atomic E-state index is -4.24. The molecule has 0 saturated heterocycles. The summed E-state index contributed by atoms with van der Waals surface area (Å²) in [6, 6.07) is 1.15. The van der Waals surface area contributed by atoms with E-state index < -0.39 is 37.1 Å². The molecule has 1 aromatic carbocycles. The van der Waals surface area contributed by atoms with Crippen LogP contribution in [-0.4, -0.2) is 32.8 Å². The highest BCUT2D eigenvalue weighted by atomic mass is 35.7. The van der Waals surface area contributed by atoms with Gasteiger partial charge in [-0.05, 0) is 19.1 Å². The van der Waals surface area contributed by atoms with E-state index in [2.05, 4.69) is 0 Å². The second kappa shape index (κ2) is 5.19. The number of nitrogens with zero attached hydrogens (tertiary/aromatic N) is 1. The van der Waals surface area contributed by atoms with Crippen LogP contribution >= 0.6 is 10.7 Å². The van der Waals surface area contributed by atoms with Crippen molar-refractivity contribution < 1.29 is 22.0 Å². The molecular weight excluding hydrogens is 288 g/mol. The van der Waals surface area contributed by atoms with Crippen molar-refractivity contribution >= 4 is 25.6 Å². The summed E-state index contributed by atoms with van der Waals surface area (Å²) >= 11 is 0. The summed E-state index contributed by atoms with van der Waals surface area (Å²) in [6.45, 7) is 1.89. The molecule has 18 heavy (non-hydrogen) atoms. The van der Waals surface area contributed by atoms with Gasteiger partial charge in [-0.1, -0.05) is 0 Å². The lowest BCUT2D eigenvalue weighted by atomic mass is 10.2. The van der Waals surface area contributed by atoms with Crippen LogP contribution in [0.25, 0.3) is 0 Å². The molecule has 0 unspecified atom stereocenters. The van der Waals surface area contributed by atoms with Crippen molar-refractivity contribution in [2.45, 2.75) is 11.8 Å². The summed E-state index contributed by atoms with van der Waals surface area (Å²) < 4.78 is 48.8. The van der Waals surface area contributed by atoms with Crippen LogP contribution in [0.2, 0.25) is 0 Å². The zero-order chi connectivity index (χ0) is 14.1. The van der Waals surface area contributed by atoms with Crippen molar-refractivity contribution in [2.24, 2.45) is 0 Å². The van der Waals surface area contributed by atoms with E-state index in [4.69, 9.17) is 10.7 Å². The lowest BCUT2D eigenvalue weighted by Gasteiger charge is -2.15. The van der Waals surface area contributed by atoms with E-state index in [0.717, 1.165) is 11.0 Å². The Balaban J connectivity index is 3.45. The van der Waals surface area contributed by atoms with Gasteiger partial charge in [-0.25, -0.2) is 17.2 Å². The Labute approximate surface area is 108 Å². The fourth-order valence-electron chi connectivity index (χ4n) is 1.21. The highest BCUT2D eigenvalue weighted by Gasteiger charge is 2.23. The summed E-state index contributed by atoms with van der Waals surface area (Å²) in [7, 11) is 2.17. The van der Waals surface area contributed by atoms with Crippen LogP contribution in [0.3, 0.4) is 0 Å². The van der Waals surface area contributed by atoms with Crippen molar-refractivity contribution in [3.8, 4) is 0 Å². The molecule has 0 N–H and O–H groups in total. The molecule has 0 fully saturated rings. The zero-order valence-corrected chi connectivity index (χ0v) is 11.1. The molecule has 0 aromatic heterocycles. The Morgan fingerprint density at radius 1 is 1.39 bits per heavy atom. The smallest absolute Gasteiger partial charge is 0.261 e. The molecule has 0 saturated carbocycles. The molecule has 0 atom stereocenters. The fourth-order valence-corrected chi connectivity index (χ4v) is 1.98. The molecule has 0 bridgehead atoms. The van der Waals surface area contributed by atoms with Gasteiger partial charge in [-0.2, -0.15) is 0 Å². The van der Waals surface area contributed by atoms with Crippen molar-refractivity contribution in [1.82, 2.24) is 4.90 Å². The van der Waals surface area contributed by atoms with Gasteiger partial charge in [-0.15, -0.1) is 0 Å². The van der Waals surface area contributed by atoms with E-state index in [1.54, 1.807) is 6.92 Å². The average Bonchev–Trinajstić information content (AvgIpc) is 2.29. The first kappa shape index (κ1) is 14.8. The topological polar surface area (TPSA) is 54.5 Å². The molecular formula is C10H10ClF2NO3S. The molecule has 0 heterocycles. The fraction of sp³-hybridized carbons (Fsp3) is 0.300. The Morgan fingerprint density at radius 2 is 1.94 bits per heavy atom. The van der Waals surface area contributed by atoms with E-state index >= 15 is 0 Å². The first-order valence-corrected chi connectivity index (χ1v) is 7.18.